The molecular formula is C29H47N5O2S. The third-order valence-corrected chi connectivity index (χ3v) is 10.3. The van der Waals surface area contributed by atoms with Crippen LogP contribution in [0.4, 0.5) is 0 Å². The molecule has 2 aromatic heterocycles. The van der Waals surface area contributed by atoms with Crippen LogP contribution in [0.1, 0.15) is 88.9 Å². The monoisotopic (exact) mass is 529 g/mol. The van der Waals surface area contributed by atoms with Crippen molar-refractivity contribution in [3.8, 4) is 0 Å². The van der Waals surface area contributed by atoms with Gasteiger partial charge in [-0.05, 0) is 107 Å². The molecule has 3 aliphatic rings. The zero-order valence-electron chi connectivity index (χ0n) is 22.9. The summed E-state index contributed by atoms with van der Waals surface area (Å²) in [7, 11) is -3.47. The fourth-order valence-corrected chi connectivity index (χ4v) is 7.89. The molecule has 2 saturated heterocycles. The van der Waals surface area contributed by atoms with Gasteiger partial charge < -0.3 is 9.47 Å². The number of sulfonamides is 1. The van der Waals surface area contributed by atoms with Gasteiger partial charge in [-0.15, -0.1) is 0 Å². The van der Waals surface area contributed by atoms with Crippen molar-refractivity contribution in [2.45, 2.75) is 96.7 Å². The zero-order chi connectivity index (χ0) is 26.0. The van der Waals surface area contributed by atoms with E-state index in [0.29, 0.717) is 12.5 Å². The summed E-state index contributed by atoms with van der Waals surface area (Å²) in [5, 5.41) is 6.62. The van der Waals surface area contributed by atoms with Crippen molar-refractivity contribution in [1.82, 2.24) is 19.4 Å². The molecule has 3 fully saturated rings. The minimum absolute atomic E-state index is 0.0304. The van der Waals surface area contributed by atoms with Gasteiger partial charge in [-0.1, -0.05) is 13.8 Å². The predicted molar refractivity (Wildman–Crippen MR) is 151 cm³/mol. The molecule has 0 unspecified atom stereocenters. The fourth-order valence-electron chi connectivity index (χ4n) is 7.34. The van der Waals surface area contributed by atoms with E-state index in [9.17, 15) is 8.42 Å². The van der Waals surface area contributed by atoms with Crippen molar-refractivity contribution in [2.75, 3.05) is 31.9 Å². The van der Waals surface area contributed by atoms with Crippen molar-refractivity contribution in [3.05, 3.63) is 29.6 Å². The lowest BCUT2D eigenvalue weighted by Crippen LogP contribution is -2.44. The van der Waals surface area contributed by atoms with Crippen LogP contribution in [0.2, 0.25) is 0 Å². The molecule has 8 heteroatoms. The number of piperidine rings is 1. The summed E-state index contributed by atoms with van der Waals surface area (Å²) in [5.74, 6) is 1.74. The number of nitrogens with zero attached hydrogens (tertiary/aromatic N) is 4. The Morgan fingerprint density at radius 1 is 1.00 bits per heavy atom. The van der Waals surface area contributed by atoms with Crippen LogP contribution in [0, 0.1) is 11.8 Å². The van der Waals surface area contributed by atoms with Gasteiger partial charge in [0.2, 0.25) is 10.0 Å². The Morgan fingerprint density at radius 2 is 1.70 bits per heavy atom. The average Bonchev–Trinajstić information content (AvgIpc) is 3.50. The molecule has 2 aromatic rings. The highest BCUT2D eigenvalue weighted by molar-refractivity contribution is 7.89. The van der Waals surface area contributed by atoms with Gasteiger partial charge in [-0.25, -0.2) is 18.5 Å². The molecule has 0 atom stereocenters. The van der Waals surface area contributed by atoms with Crippen LogP contribution in [0.3, 0.4) is 0 Å². The number of nitrogens with two attached hydrogens (primary N) is 1. The van der Waals surface area contributed by atoms with Crippen LogP contribution in [-0.4, -0.2) is 65.7 Å². The van der Waals surface area contributed by atoms with Gasteiger partial charge in [0, 0.05) is 49.0 Å². The summed E-state index contributed by atoms with van der Waals surface area (Å²) in [6.45, 7) is 10.3. The molecular weight excluding hydrogens is 482 g/mol. The SMILES string of the molecule is CC(C)C1CCC(N2CCC(n3c(CCCS(N)(=O)=O)c(CN4CCCC4)c4cccnc43)CC2)CC1. The van der Waals surface area contributed by atoms with E-state index >= 15 is 0 Å². The van der Waals surface area contributed by atoms with Crippen molar-refractivity contribution >= 4 is 21.1 Å². The summed E-state index contributed by atoms with van der Waals surface area (Å²) >= 11 is 0. The molecule has 206 valence electrons. The molecule has 2 aliphatic heterocycles. The quantitative estimate of drug-likeness (QED) is 0.509. The number of aromatic nitrogens is 2. The Morgan fingerprint density at radius 3 is 2.35 bits per heavy atom. The maximum absolute atomic E-state index is 11.7. The second kappa shape index (κ2) is 11.7. The summed E-state index contributed by atoms with van der Waals surface area (Å²) in [4.78, 5) is 10.2. The highest BCUT2D eigenvalue weighted by Gasteiger charge is 2.32. The Kier molecular flexibility index (Phi) is 8.59. The average molecular weight is 530 g/mol. The molecule has 1 saturated carbocycles. The molecule has 0 amide bonds. The summed E-state index contributed by atoms with van der Waals surface area (Å²) in [5.41, 5.74) is 3.73. The van der Waals surface area contributed by atoms with Gasteiger partial charge in [-0.3, -0.25) is 4.90 Å². The van der Waals surface area contributed by atoms with Crippen LogP contribution in [-0.2, 0) is 23.0 Å². The van der Waals surface area contributed by atoms with E-state index in [1.54, 1.807) is 0 Å². The number of pyridine rings is 1. The Hall–Kier alpha value is -1.48. The molecule has 1 aliphatic carbocycles. The minimum Gasteiger partial charge on any atom is -0.326 e. The lowest BCUT2D eigenvalue weighted by atomic mass is 9.79. The fraction of sp³-hybridized carbons (Fsp3) is 0.759. The van der Waals surface area contributed by atoms with E-state index in [1.165, 1.54) is 55.2 Å². The maximum atomic E-state index is 11.7. The first-order chi connectivity index (χ1) is 17.8. The molecule has 0 aromatic carbocycles. The first-order valence-corrected chi connectivity index (χ1v) is 16.4. The van der Waals surface area contributed by atoms with E-state index in [1.807, 2.05) is 12.3 Å². The summed E-state index contributed by atoms with van der Waals surface area (Å²) in [6, 6.07) is 5.42. The molecule has 0 radical (unpaired) electrons. The molecule has 4 heterocycles. The Bertz CT molecular complexity index is 1140. The Labute approximate surface area is 223 Å². The highest BCUT2D eigenvalue weighted by atomic mass is 32.2. The van der Waals surface area contributed by atoms with E-state index in [4.69, 9.17) is 10.1 Å². The van der Waals surface area contributed by atoms with Crippen LogP contribution in [0.15, 0.2) is 18.3 Å². The summed E-state index contributed by atoms with van der Waals surface area (Å²) < 4.78 is 26.0. The normalized spacial score (nSPS) is 25.0. The van der Waals surface area contributed by atoms with Gasteiger partial charge in [-0.2, -0.15) is 0 Å². The van der Waals surface area contributed by atoms with Crippen molar-refractivity contribution in [1.29, 1.82) is 0 Å². The number of likely N-dealkylation sites (tertiary alicyclic amines) is 2. The second-order valence-corrected chi connectivity index (χ2v) is 13.9. The van der Waals surface area contributed by atoms with Crippen LogP contribution in [0.5, 0.6) is 0 Å². The molecule has 7 nitrogen and oxygen atoms in total. The first kappa shape index (κ1) is 27.1. The molecule has 37 heavy (non-hydrogen) atoms. The van der Waals surface area contributed by atoms with Crippen LogP contribution >= 0.6 is 0 Å². The number of primary sulfonamides is 1. The first-order valence-electron chi connectivity index (χ1n) is 14.7. The predicted octanol–water partition coefficient (Wildman–Crippen LogP) is 4.70. The van der Waals surface area contributed by atoms with Gasteiger partial charge in [0.05, 0.1) is 5.75 Å². The van der Waals surface area contributed by atoms with Crippen LogP contribution in [0.25, 0.3) is 11.0 Å². The van der Waals surface area contributed by atoms with Gasteiger partial charge in [0.15, 0.2) is 0 Å². The topological polar surface area (TPSA) is 84.5 Å². The van der Waals surface area contributed by atoms with E-state index in [2.05, 4.69) is 34.3 Å². The van der Waals surface area contributed by atoms with Crippen molar-refractivity contribution in [3.63, 3.8) is 0 Å². The maximum Gasteiger partial charge on any atom is 0.209 e. The minimum atomic E-state index is -3.47. The second-order valence-electron chi connectivity index (χ2n) is 12.2. The lowest BCUT2D eigenvalue weighted by Gasteiger charge is -2.42. The van der Waals surface area contributed by atoms with Gasteiger partial charge in [0.1, 0.15) is 5.65 Å². The van der Waals surface area contributed by atoms with E-state index in [-0.39, 0.29) is 5.75 Å². The standard InChI is InChI=1S/C29H47N5O2S/c1-22(2)23-9-11-24(12-10-23)33-18-13-25(14-19-33)34-28(8-6-20-37(30,35)36)27(21-32-16-3-4-17-32)26-7-5-15-31-29(26)34/h5,7,15,22-25H,3-4,6,8-14,16-21H2,1-2H3,(H2,30,35,36). The molecule has 2 N–H and O–H groups in total. The zero-order valence-corrected chi connectivity index (χ0v) is 23.8. The third-order valence-electron chi connectivity index (χ3n) is 9.47. The van der Waals surface area contributed by atoms with Gasteiger partial charge >= 0.3 is 0 Å². The third kappa shape index (κ3) is 6.40. The smallest absolute Gasteiger partial charge is 0.209 e. The van der Waals surface area contributed by atoms with Gasteiger partial charge in [0.25, 0.3) is 0 Å². The van der Waals surface area contributed by atoms with Crippen molar-refractivity contribution in [2.24, 2.45) is 17.0 Å². The van der Waals surface area contributed by atoms with Crippen LogP contribution < -0.4 is 5.14 Å². The van der Waals surface area contributed by atoms with E-state index < -0.39 is 10.0 Å². The molecule has 0 spiro atoms. The van der Waals surface area contributed by atoms with E-state index in [0.717, 1.165) is 75.5 Å². The number of hydrogen-bond donors (Lipinski definition) is 1. The molecule has 0 bridgehead atoms. The highest BCUT2D eigenvalue weighted by Crippen LogP contribution is 2.37. The summed E-state index contributed by atoms with van der Waals surface area (Å²) in [6.07, 6.45) is 13.4. The Balaban J connectivity index is 1.37. The number of hydrogen-bond acceptors (Lipinski definition) is 5. The lowest BCUT2D eigenvalue weighted by molar-refractivity contribution is 0.0888. The molecule has 5 rings (SSSR count). The number of rotatable bonds is 9. The number of fused-ring (bicyclic) bond motifs is 1. The van der Waals surface area contributed by atoms with Crippen molar-refractivity contribution < 1.29 is 8.42 Å². The largest absolute Gasteiger partial charge is 0.326 e.